The fraction of sp³-hybridized carbons (Fsp3) is 0.391. The van der Waals surface area contributed by atoms with Crippen molar-refractivity contribution in [3.8, 4) is 5.75 Å². The van der Waals surface area contributed by atoms with Crippen LogP contribution in [0.5, 0.6) is 5.75 Å². The zero-order chi connectivity index (χ0) is 21.0. The minimum absolute atomic E-state index is 0.0425. The number of hydrogen-bond acceptors (Lipinski definition) is 4. The highest BCUT2D eigenvalue weighted by Gasteiger charge is 2.23. The summed E-state index contributed by atoms with van der Waals surface area (Å²) < 4.78 is 20.0. The smallest absolute Gasteiger partial charge is 0.226 e. The van der Waals surface area contributed by atoms with E-state index in [1.54, 1.807) is 17.0 Å². The Morgan fingerprint density at radius 1 is 1.00 bits per heavy atom. The van der Waals surface area contributed by atoms with Crippen LogP contribution >= 0.6 is 0 Å². The Labute approximate surface area is 171 Å². The van der Waals surface area contributed by atoms with Gasteiger partial charge in [-0.25, -0.2) is 4.39 Å². The predicted octanol–water partition coefficient (Wildman–Crippen LogP) is 3.76. The summed E-state index contributed by atoms with van der Waals surface area (Å²) in [5.74, 6) is 0.254. The third kappa shape index (κ3) is 5.13. The molecule has 1 amide bonds. The van der Waals surface area contributed by atoms with Crippen molar-refractivity contribution >= 4 is 17.4 Å². The number of benzene rings is 2. The van der Waals surface area contributed by atoms with Crippen LogP contribution in [0.3, 0.4) is 0 Å². The molecule has 3 rings (SSSR count). The number of carbonyl (C=O) groups excluding carboxylic acids is 2. The normalized spacial score (nSPS) is 14.1. The number of nitrogens with zero attached hydrogens (tertiary/aromatic N) is 2. The zero-order valence-corrected chi connectivity index (χ0v) is 17.2. The van der Waals surface area contributed by atoms with E-state index in [9.17, 15) is 14.0 Å². The van der Waals surface area contributed by atoms with Crippen LogP contribution in [-0.4, -0.2) is 49.4 Å². The van der Waals surface area contributed by atoms with Crippen molar-refractivity contribution in [1.29, 1.82) is 0 Å². The standard InChI is InChI=1S/C23H27FN2O3/c1-16-4-6-20(14-17(16)2)29-13-8-23(28)26-11-9-25(10-12-26)22-7-5-19(18(3)27)15-21(22)24/h4-7,14-15H,8-13H2,1-3H3. The van der Waals surface area contributed by atoms with Crippen LogP contribution in [0.4, 0.5) is 10.1 Å². The number of aryl methyl sites for hydroxylation is 2. The van der Waals surface area contributed by atoms with Gasteiger partial charge in [-0.3, -0.25) is 9.59 Å². The van der Waals surface area contributed by atoms with Gasteiger partial charge >= 0.3 is 0 Å². The van der Waals surface area contributed by atoms with Crippen molar-refractivity contribution in [1.82, 2.24) is 4.90 Å². The van der Waals surface area contributed by atoms with Crippen LogP contribution in [-0.2, 0) is 4.79 Å². The van der Waals surface area contributed by atoms with Gasteiger partial charge in [-0.15, -0.1) is 0 Å². The van der Waals surface area contributed by atoms with Crippen molar-refractivity contribution in [2.24, 2.45) is 0 Å². The van der Waals surface area contributed by atoms with Gasteiger partial charge < -0.3 is 14.5 Å². The molecule has 0 N–H and O–H groups in total. The lowest BCUT2D eigenvalue weighted by atomic mass is 10.1. The van der Waals surface area contributed by atoms with E-state index >= 15 is 0 Å². The lowest BCUT2D eigenvalue weighted by Gasteiger charge is -2.36. The van der Waals surface area contributed by atoms with E-state index in [0.717, 1.165) is 11.3 Å². The molecule has 0 bridgehead atoms. The topological polar surface area (TPSA) is 49.9 Å². The lowest BCUT2D eigenvalue weighted by molar-refractivity contribution is -0.132. The number of Topliss-reactive ketones (excluding diaryl/α,β-unsaturated/α-hetero) is 1. The largest absolute Gasteiger partial charge is 0.493 e. The highest BCUT2D eigenvalue weighted by Crippen LogP contribution is 2.22. The summed E-state index contributed by atoms with van der Waals surface area (Å²) in [5.41, 5.74) is 3.20. The highest BCUT2D eigenvalue weighted by molar-refractivity contribution is 5.94. The first-order valence-corrected chi connectivity index (χ1v) is 9.88. The Balaban J connectivity index is 1.48. The molecule has 1 aliphatic heterocycles. The number of rotatable bonds is 6. The number of amides is 1. The molecular formula is C23H27FN2O3. The fourth-order valence-corrected chi connectivity index (χ4v) is 3.40. The van der Waals surface area contributed by atoms with Crippen molar-refractivity contribution in [3.05, 3.63) is 58.9 Å². The number of halogens is 1. The summed E-state index contributed by atoms with van der Waals surface area (Å²) in [7, 11) is 0. The zero-order valence-electron chi connectivity index (χ0n) is 17.2. The van der Waals surface area contributed by atoms with Crippen molar-refractivity contribution in [2.45, 2.75) is 27.2 Å². The number of ketones is 1. The minimum atomic E-state index is -0.403. The molecule has 2 aromatic carbocycles. The van der Waals surface area contributed by atoms with E-state index in [2.05, 4.69) is 0 Å². The fourth-order valence-electron chi connectivity index (χ4n) is 3.40. The molecule has 0 spiro atoms. The Hall–Kier alpha value is -2.89. The first kappa shape index (κ1) is 20.8. The van der Waals surface area contributed by atoms with E-state index in [-0.39, 0.29) is 11.7 Å². The number of piperazine rings is 1. The van der Waals surface area contributed by atoms with Crippen LogP contribution in [0.2, 0.25) is 0 Å². The Morgan fingerprint density at radius 3 is 2.34 bits per heavy atom. The van der Waals surface area contributed by atoms with E-state index in [1.165, 1.54) is 18.6 Å². The number of ether oxygens (including phenoxy) is 1. The van der Waals surface area contributed by atoms with Gasteiger partial charge in [0.2, 0.25) is 5.91 Å². The molecule has 0 aromatic heterocycles. The molecule has 1 fully saturated rings. The maximum absolute atomic E-state index is 14.3. The molecule has 0 atom stereocenters. The van der Waals surface area contributed by atoms with E-state index in [4.69, 9.17) is 4.74 Å². The van der Waals surface area contributed by atoms with Crippen LogP contribution < -0.4 is 9.64 Å². The van der Waals surface area contributed by atoms with Crippen LogP contribution in [0.1, 0.15) is 34.8 Å². The second-order valence-electron chi connectivity index (χ2n) is 7.43. The summed E-state index contributed by atoms with van der Waals surface area (Å²) in [5, 5.41) is 0. The van der Waals surface area contributed by atoms with Gasteiger partial charge in [0.25, 0.3) is 0 Å². The molecule has 29 heavy (non-hydrogen) atoms. The van der Waals surface area contributed by atoms with Crippen molar-refractivity contribution in [2.75, 3.05) is 37.7 Å². The summed E-state index contributed by atoms with van der Waals surface area (Å²) in [6.45, 7) is 8.02. The molecule has 6 heteroatoms. The van der Waals surface area contributed by atoms with Gasteiger partial charge in [0.05, 0.1) is 18.7 Å². The molecule has 2 aromatic rings. The third-order valence-electron chi connectivity index (χ3n) is 5.39. The second kappa shape index (κ2) is 9.07. The van der Waals surface area contributed by atoms with Gasteiger partial charge in [0, 0.05) is 31.7 Å². The van der Waals surface area contributed by atoms with E-state index in [1.807, 2.05) is 36.9 Å². The molecule has 0 saturated carbocycles. The molecule has 1 heterocycles. The van der Waals surface area contributed by atoms with E-state index in [0.29, 0.717) is 50.5 Å². The molecular weight excluding hydrogens is 371 g/mol. The SMILES string of the molecule is CC(=O)c1ccc(N2CCN(C(=O)CCOc3ccc(C)c(C)c3)CC2)c(F)c1. The van der Waals surface area contributed by atoms with Gasteiger partial charge in [-0.1, -0.05) is 6.07 Å². The first-order chi connectivity index (χ1) is 13.8. The van der Waals surface area contributed by atoms with Gasteiger partial charge in [0.15, 0.2) is 5.78 Å². The summed E-state index contributed by atoms with van der Waals surface area (Å²) in [6, 6.07) is 10.5. The molecule has 1 aliphatic rings. The second-order valence-corrected chi connectivity index (χ2v) is 7.43. The van der Waals surface area contributed by atoms with Crippen LogP contribution in [0.15, 0.2) is 36.4 Å². The van der Waals surface area contributed by atoms with Crippen LogP contribution in [0, 0.1) is 19.7 Å². The van der Waals surface area contributed by atoms with Gasteiger partial charge in [0.1, 0.15) is 11.6 Å². The Morgan fingerprint density at radius 2 is 1.72 bits per heavy atom. The average Bonchev–Trinajstić information content (AvgIpc) is 2.70. The molecule has 0 aliphatic carbocycles. The van der Waals surface area contributed by atoms with Gasteiger partial charge in [-0.2, -0.15) is 0 Å². The maximum Gasteiger partial charge on any atom is 0.226 e. The molecule has 5 nitrogen and oxygen atoms in total. The molecule has 0 unspecified atom stereocenters. The highest BCUT2D eigenvalue weighted by atomic mass is 19.1. The number of carbonyl (C=O) groups is 2. The summed E-state index contributed by atoms with van der Waals surface area (Å²) in [4.78, 5) is 27.5. The summed E-state index contributed by atoms with van der Waals surface area (Å²) in [6.07, 6.45) is 0.314. The monoisotopic (exact) mass is 398 g/mol. The molecule has 154 valence electrons. The van der Waals surface area contributed by atoms with Gasteiger partial charge in [-0.05, 0) is 62.2 Å². The quantitative estimate of drug-likeness (QED) is 0.695. The number of anilines is 1. The summed E-state index contributed by atoms with van der Waals surface area (Å²) >= 11 is 0. The lowest BCUT2D eigenvalue weighted by Crippen LogP contribution is -2.49. The van der Waals surface area contributed by atoms with Crippen molar-refractivity contribution < 1.29 is 18.7 Å². The first-order valence-electron chi connectivity index (χ1n) is 9.88. The minimum Gasteiger partial charge on any atom is -0.493 e. The third-order valence-corrected chi connectivity index (χ3v) is 5.39. The maximum atomic E-state index is 14.3. The van der Waals surface area contributed by atoms with E-state index < -0.39 is 5.82 Å². The Bertz CT molecular complexity index is 905. The van der Waals surface area contributed by atoms with Crippen molar-refractivity contribution in [3.63, 3.8) is 0 Å². The van der Waals surface area contributed by atoms with Crippen LogP contribution in [0.25, 0.3) is 0 Å². The molecule has 1 saturated heterocycles. The average molecular weight is 398 g/mol. The predicted molar refractivity (Wildman–Crippen MR) is 111 cm³/mol. The Kier molecular flexibility index (Phi) is 6.52. The number of hydrogen-bond donors (Lipinski definition) is 0. The molecule has 0 radical (unpaired) electrons.